The topological polar surface area (TPSA) is 86.7 Å². The van der Waals surface area contributed by atoms with Crippen LogP contribution >= 0.6 is 0 Å². The standard InChI is InChI=1S/C12H12N2O4/c1-13-6-7-2-3-9-8(4-7)5-10(15)14(9)11(16)12(17)18/h2-4,13H,5-6H2,1H3,(H,17,18). The lowest BCUT2D eigenvalue weighted by Gasteiger charge is -2.12. The number of hydrogen-bond acceptors (Lipinski definition) is 4. The molecule has 0 aromatic heterocycles. The predicted molar refractivity (Wildman–Crippen MR) is 63.0 cm³/mol. The number of rotatable bonds is 2. The highest BCUT2D eigenvalue weighted by molar-refractivity contribution is 6.43. The molecule has 0 fully saturated rings. The molecule has 0 unspecified atom stereocenters. The van der Waals surface area contributed by atoms with Gasteiger partial charge in [0.2, 0.25) is 5.91 Å². The zero-order valence-corrected chi connectivity index (χ0v) is 9.77. The van der Waals surface area contributed by atoms with Gasteiger partial charge in [0.15, 0.2) is 0 Å². The molecule has 0 bridgehead atoms. The van der Waals surface area contributed by atoms with Gasteiger partial charge < -0.3 is 10.4 Å². The average molecular weight is 248 g/mol. The quantitative estimate of drug-likeness (QED) is 0.714. The van der Waals surface area contributed by atoms with E-state index < -0.39 is 17.8 Å². The lowest BCUT2D eigenvalue weighted by Crippen LogP contribution is -2.38. The second kappa shape index (κ2) is 4.58. The van der Waals surface area contributed by atoms with Crippen LogP contribution in [0.2, 0.25) is 0 Å². The van der Waals surface area contributed by atoms with Crippen LogP contribution in [0.1, 0.15) is 11.1 Å². The van der Waals surface area contributed by atoms with E-state index in [1.54, 1.807) is 25.2 Å². The Labute approximate surface area is 103 Å². The second-order valence-electron chi connectivity index (χ2n) is 4.01. The van der Waals surface area contributed by atoms with Gasteiger partial charge >= 0.3 is 11.9 Å². The predicted octanol–water partition coefficient (Wildman–Crippen LogP) is -0.0937. The molecular weight excluding hydrogens is 236 g/mol. The van der Waals surface area contributed by atoms with E-state index >= 15 is 0 Å². The van der Waals surface area contributed by atoms with Crippen LogP contribution in [-0.2, 0) is 27.3 Å². The molecule has 0 saturated carbocycles. The molecule has 1 aromatic rings. The van der Waals surface area contributed by atoms with Gasteiger partial charge in [-0.25, -0.2) is 9.69 Å². The van der Waals surface area contributed by atoms with Gasteiger partial charge in [-0.3, -0.25) is 9.59 Å². The van der Waals surface area contributed by atoms with Crippen LogP contribution in [0, 0.1) is 0 Å². The van der Waals surface area contributed by atoms with Crippen LogP contribution in [-0.4, -0.2) is 29.9 Å². The minimum atomic E-state index is -1.63. The summed E-state index contributed by atoms with van der Waals surface area (Å²) in [7, 11) is 1.80. The third-order valence-corrected chi connectivity index (χ3v) is 2.74. The number of carboxylic acid groups (broad SMARTS) is 1. The van der Waals surface area contributed by atoms with Crippen molar-refractivity contribution in [3.8, 4) is 0 Å². The van der Waals surface area contributed by atoms with Gasteiger partial charge in [0.1, 0.15) is 0 Å². The van der Waals surface area contributed by atoms with Crippen molar-refractivity contribution in [2.75, 3.05) is 11.9 Å². The molecule has 1 aliphatic heterocycles. The molecule has 2 N–H and O–H groups in total. The maximum Gasteiger partial charge on any atom is 0.395 e. The molecule has 0 atom stereocenters. The normalized spacial score (nSPS) is 13.6. The Bertz CT molecular complexity index is 539. The van der Waals surface area contributed by atoms with E-state index in [4.69, 9.17) is 5.11 Å². The van der Waals surface area contributed by atoms with E-state index in [1.807, 2.05) is 0 Å². The Morgan fingerprint density at radius 1 is 1.44 bits per heavy atom. The summed E-state index contributed by atoms with van der Waals surface area (Å²) in [5.41, 5.74) is 2.03. The average Bonchev–Trinajstić information content (AvgIpc) is 2.63. The van der Waals surface area contributed by atoms with Gasteiger partial charge in [0.25, 0.3) is 0 Å². The van der Waals surface area contributed by atoms with Crippen LogP contribution in [0.4, 0.5) is 5.69 Å². The third-order valence-electron chi connectivity index (χ3n) is 2.74. The fourth-order valence-electron chi connectivity index (χ4n) is 2.01. The Hall–Kier alpha value is -2.21. The first kappa shape index (κ1) is 12.3. The molecule has 1 aliphatic rings. The van der Waals surface area contributed by atoms with Gasteiger partial charge in [-0.05, 0) is 24.2 Å². The van der Waals surface area contributed by atoms with Crippen molar-refractivity contribution in [2.45, 2.75) is 13.0 Å². The Morgan fingerprint density at radius 3 is 2.78 bits per heavy atom. The Kier molecular flexibility index (Phi) is 3.12. The van der Waals surface area contributed by atoms with Crippen molar-refractivity contribution in [2.24, 2.45) is 0 Å². The number of hydrogen-bond donors (Lipinski definition) is 2. The van der Waals surface area contributed by atoms with Gasteiger partial charge in [-0.2, -0.15) is 0 Å². The number of nitrogens with one attached hydrogen (secondary N) is 1. The fourth-order valence-corrected chi connectivity index (χ4v) is 2.01. The number of carbonyl (C=O) groups excluding carboxylic acids is 2. The largest absolute Gasteiger partial charge is 0.474 e. The van der Waals surface area contributed by atoms with E-state index in [1.165, 1.54) is 0 Å². The summed E-state index contributed by atoms with van der Waals surface area (Å²) in [5, 5.41) is 11.7. The maximum atomic E-state index is 11.7. The first-order chi connectivity index (χ1) is 8.54. The first-order valence-corrected chi connectivity index (χ1v) is 5.41. The molecule has 0 aliphatic carbocycles. The van der Waals surface area contributed by atoms with Gasteiger partial charge in [-0.15, -0.1) is 0 Å². The number of imide groups is 1. The summed E-state index contributed by atoms with van der Waals surface area (Å²) >= 11 is 0. The van der Waals surface area contributed by atoms with Crippen molar-refractivity contribution in [3.63, 3.8) is 0 Å². The maximum absolute atomic E-state index is 11.7. The summed E-state index contributed by atoms with van der Waals surface area (Å²) in [6.45, 7) is 0.647. The summed E-state index contributed by atoms with van der Waals surface area (Å²) in [5.74, 6) is -3.34. The van der Waals surface area contributed by atoms with Crippen molar-refractivity contribution < 1.29 is 19.5 Å². The lowest BCUT2D eigenvalue weighted by molar-refractivity contribution is -0.149. The molecular formula is C12H12N2O4. The van der Waals surface area contributed by atoms with Gasteiger partial charge in [0.05, 0.1) is 12.1 Å². The number of amides is 2. The van der Waals surface area contributed by atoms with Crippen LogP contribution in [0.25, 0.3) is 0 Å². The molecule has 2 rings (SSSR count). The van der Waals surface area contributed by atoms with Gasteiger partial charge in [0, 0.05) is 6.54 Å². The SMILES string of the molecule is CNCc1ccc2c(c1)CC(=O)N2C(=O)C(=O)O. The number of carboxylic acids is 1. The van der Waals surface area contributed by atoms with E-state index in [0.717, 1.165) is 10.5 Å². The van der Waals surface area contributed by atoms with Gasteiger partial charge in [-0.1, -0.05) is 12.1 Å². The highest BCUT2D eigenvalue weighted by Gasteiger charge is 2.35. The molecule has 94 valence electrons. The zero-order chi connectivity index (χ0) is 13.3. The summed E-state index contributed by atoms with van der Waals surface area (Å²) < 4.78 is 0. The zero-order valence-electron chi connectivity index (χ0n) is 9.77. The fraction of sp³-hybridized carbons (Fsp3) is 0.250. The van der Waals surface area contributed by atoms with E-state index in [-0.39, 0.29) is 6.42 Å². The molecule has 2 amide bonds. The van der Waals surface area contributed by atoms with Crippen LogP contribution in [0.5, 0.6) is 0 Å². The number of aliphatic carboxylic acids is 1. The third kappa shape index (κ3) is 1.98. The number of carbonyl (C=O) groups is 3. The molecule has 6 heteroatoms. The molecule has 0 spiro atoms. The van der Waals surface area contributed by atoms with Crippen molar-refractivity contribution in [1.29, 1.82) is 0 Å². The molecule has 0 radical (unpaired) electrons. The lowest BCUT2D eigenvalue weighted by atomic mass is 10.1. The Balaban J connectivity index is 2.38. The molecule has 18 heavy (non-hydrogen) atoms. The molecule has 0 saturated heterocycles. The van der Waals surface area contributed by atoms with E-state index in [9.17, 15) is 14.4 Å². The summed E-state index contributed by atoms with van der Waals surface area (Å²) in [6.07, 6.45) is 0.0614. The number of fused-ring (bicyclic) bond motifs is 1. The minimum absolute atomic E-state index is 0.0614. The highest BCUT2D eigenvalue weighted by atomic mass is 16.4. The first-order valence-electron chi connectivity index (χ1n) is 5.41. The smallest absolute Gasteiger partial charge is 0.395 e. The molecule has 6 nitrogen and oxygen atoms in total. The molecule has 1 aromatic carbocycles. The van der Waals surface area contributed by atoms with E-state index in [2.05, 4.69) is 5.32 Å². The minimum Gasteiger partial charge on any atom is -0.474 e. The number of benzene rings is 1. The molecule has 1 heterocycles. The highest BCUT2D eigenvalue weighted by Crippen LogP contribution is 2.29. The summed E-state index contributed by atoms with van der Waals surface area (Å²) in [6, 6.07) is 5.17. The second-order valence-corrected chi connectivity index (χ2v) is 4.01. The number of nitrogens with zero attached hydrogens (tertiary/aromatic N) is 1. The summed E-state index contributed by atoms with van der Waals surface area (Å²) in [4.78, 5) is 34.5. The van der Waals surface area contributed by atoms with Crippen LogP contribution in [0.15, 0.2) is 18.2 Å². The van der Waals surface area contributed by atoms with Crippen molar-refractivity contribution in [3.05, 3.63) is 29.3 Å². The van der Waals surface area contributed by atoms with Crippen molar-refractivity contribution >= 4 is 23.5 Å². The Morgan fingerprint density at radius 2 is 2.17 bits per heavy atom. The van der Waals surface area contributed by atoms with Crippen molar-refractivity contribution in [1.82, 2.24) is 5.32 Å². The van der Waals surface area contributed by atoms with E-state index in [0.29, 0.717) is 17.8 Å². The number of anilines is 1. The van der Waals surface area contributed by atoms with Crippen LogP contribution in [0.3, 0.4) is 0 Å². The van der Waals surface area contributed by atoms with Crippen LogP contribution < -0.4 is 10.2 Å². The monoisotopic (exact) mass is 248 g/mol.